The van der Waals surface area contributed by atoms with Crippen LogP contribution in [-0.4, -0.2) is 22.0 Å². The van der Waals surface area contributed by atoms with Gasteiger partial charge in [-0.15, -0.1) is 23.1 Å². The molecule has 1 aromatic carbocycles. The van der Waals surface area contributed by atoms with E-state index in [4.69, 9.17) is 0 Å². The first kappa shape index (κ1) is 19.5. The van der Waals surface area contributed by atoms with Crippen LogP contribution in [0, 0.1) is 6.92 Å². The molecule has 0 aliphatic heterocycles. The summed E-state index contributed by atoms with van der Waals surface area (Å²) in [5, 5.41) is 7.98. The van der Waals surface area contributed by atoms with E-state index in [-0.39, 0.29) is 17.1 Å². The van der Waals surface area contributed by atoms with Crippen molar-refractivity contribution in [2.24, 2.45) is 0 Å². The molecule has 0 aliphatic rings. The molecule has 1 atom stereocenters. The fourth-order valence-electron chi connectivity index (χ4n) is 2.08. The molecule has 134 valence electrons. The lowest BCUT2D eigenvalue weighted by molar-refractivity contribution is -0.116. The van der Waals surface area contributed by atoms with Crippen molar-refractivity contribution < 1.29 is 9.59 Å². The molecule has 0 radical (unpaired) electrons. The molecule has 2 rings (SSSR count). The van der Waals surface area contributed by atoms with Crippen molar-refractivity contribution in [3.05, 3.63) is 35.3 Å². The standard InChI is InChI=1S/C18H23N3O2S2/c1-4-5-9-16(22)20-14-7-6-8-15(10-14)25-13(3)17(23)21-18-19-12(2)11-24-18/h6-8,10-11,13H,4-5,9H2,1-3H3,(H,20,22)(H,19,21,23). The number of carbonyl (C=O) groups is 2. The minimum absolute atomic E-state index is 0.0222. The highest BCUT2D eigenvalue weighted by Crippen LogP contribution is 2.27. The molecule has 2 N–H and O–H groups in total. The minimum atomic E-state index is -0.268. The molecule has 1 unspecified atom stereocenters. The van der Waals surface area contributed by atoms with Crippen LogP contribution in [0.2, 0.25) is 0 Å². The van der Waals surface area contributed by atoms with Gasteiger partial charge in [0.25, 0.3) is 0 Å². The van der Waals surface area contributed by atoms with Gasteiger partial charge in [-0.1, -0.05) is 19.4 Å². The monoisotopic (exact) mass is 377 g/mol. The highest BCUT2D eigenvalue weighted by molar-refractivity contribution is 8.00. The Balaban J connectivity index is 1.91. The highest BCUT2D eigenvalue weighted by Gasteiger charge is 2.16. The molecule has 0 bridgehead atoms. The number of thiazole rings is 1. The molecule has 5 nitrogen and oxygen atoms in total. The number of hydrogen-bond donors (Lipinski definition) is 2. The number of aromatic nitrogens is 1. The fourth-order valence-corrected chi connectivity index (χ4v) is 3.70. The quantitative estimate of drug-likeness (QED) is 0.654. The van der Waals surface area contributed by atoms with Gasteiger partial charge in [0.05, 0.1) is 10.9 Å². The Bertz CT molecular complexity index is 731. The van der Waals surface area contributed by atoms with Crippen LogP contribution in [0.3, 0.4) is 0 Å². The maximum atomic E-state index is 12.3. The van der Waals surface area contributed by atoms with E-state index in [1.165, 1.54) is 23.1 Å². The number of benzene rings is 1. The van der Waals surface area contributed by atoms with Crippen LogP contribution in [0.15, 0.2) is 34.5 Å². The topological polar surface area (TPSA) is 71.1 Å². The summed E-state index contributed by atoms with van der Waals surface area (Å²) in [7, 11) is 0. The van der Waals surface area contributed by atoms with Crippen molar-refractivity contribution in [3.8, 4) is 0 Å². The molecular formula is C18H23N3O2S2. The van der Waals surface area contributed by atoms with Gasteiger partial charge in [-0.25, -0.2) is 4.98 Å². The van der Waals surface area contributed by atoms with E-state index >= 15 is 0 Å². The molecule has 0 spiro atoms. The number of amides is 2. The van der Waals surface area contributed by atoms with E-state index < -0.39 is 0 Å². The number of thioether (sulfide) groups is 1. The van der Waals surface area contributed by atoms with Crippen LogP contribution in [0.4, 0.5) is 10.8 Å². The van der Waals surface area contributed by atoms with Gasteiger partial charge < -0.3 is 10.6 Å². The second-order valence-corrected chi connectivity index (χ2v) is 8.00. The third kappa shape index (κ3) is 6.51. The number of nitrogens with zero attached hydrogens (tertiary/aromatic N) is 1. The summed E-state index contributed by atoms with van der Waals surface area (Å²) < 4.78 is 0. The zero-order valence-corrected chi connectivity index (χ0v) is 16.3. The number of carbonyl (C=O) groups excluding carboxylic acids is 2. The Hall–Kier alpha value is -1.86. The summed E-state index contributed by atoms with van der Waals surface area (Å²) in [6.07, 6.45) is 2.40. The largest absolute Gasteiger partial charge is 0.326 e. The van der Waals surface area contributed by atoms with Crippen LogP contribution in [0.5, 0.6) is 0 Å². The Morgan fingerprint density at radius 2 is 2.12 bits per heavy atom. The van der Waals surface area contributed by atoms with Gasteiger partial charge in [0.1, 0.15) is 0 Å². The zero-order valence-electron chi connectivity index (χ0n) is 14.7. The zero-order chi connectivity index (χ0) is 18.2. The Morgan fingerprint density at radius 1 is 1.32 bits per heavy atom. The highest BCUT2D eigenvalue weighted by atomic mass is 32.2. The van der Waals surface area contributed by atoms with Crippen molar-refractivity contribution in [2.45, 2.75) is 50.2 Å². The average molecular weight is 378 g/mol. The maximum absolute atomic E-state index is 12.3. The number of rotatable bonds is 8. The molecule has 0 aliphatic carbocycles. The van der Waals surface area contributed by atoms with Crippen molar-refractivity contribution in [1.82, 2.24) is 4.98 Å². The number of hydrogen-bond acceptors (Lipinski definition) is 5. The van der Waals surface area contributed by atoms with Crippen molar-refractivity contribution >= 4 is 45.7 Å². The molecule has 0 saturated heterocycles. The average Bonchev–Trinajstić information content (AvgIpc) is 2.98. The number of anilines is 2. The number of unbranched alkanes of at least 4 members (excludes halogenated alkanes) is 1. The predicted octanol–water partition coefficient (Wildman–Crippen LogP) is 4.70. The first-order valence-electron chi connectivity index (χ1n) is 8.27. The summed E-state index contributed by atoms with van der Waals surface area (Å²) in [5.74, 6) is -0.0642. The van der Waals surface area contributed by atoms with Crippen molar-refractivity contribution in [1.29, 1.82) is 0 Å². The van der Waals surface area contributed by atoms with Gasteiger partial charge >= 0.3 is 0 Å². The number of nitrogens with one attached hydrogen (secondary N) is 2. The summed E-state index contributed by atoms with van der Waals surface area (Å²) >= 11 is 2.87. The first-order valence-corrected chi connectivity index (χ1v) is 10.0. The maximum Gasteiger partial charge on any atom is 0.239 e. The van der Waals surface area contributed by atoms with Gasteiger partial charge in [0.2, 0.25) is 11.8 Å². The SMILES string of the molecule is CCCCC(=O)Nc1cccc(SC(C)C(=O)Nc2nc(C)cs2)c1. The van der Waals surface area contributed by atoms with Crippen LogP contribution in [-0.2, 0) is 9.59 Å². The van der Waals surface area contributed by atoms with Gasteiger partial charge in [0, 0.05) is 22.4 Å². The van der Waals surface area contributed by atoms with E-state index in [0.717, 1.165) is 29.1 Å². The fraction of sp³-hybridized carbons (Fsp3) is 0.389. The lowest BCUT2D eigenvalue weighted by Crippen LogP contribution is -2.22. The molecule has 25 heavy (non-hydrogen) atoms. The van der Waals surface area contributed by atoms with Gasteiger partial charge in [-0.3, -0.25) is 9.59 Å². The summed E-state index contributed by atoms with van der Waals surface area (Å²) in [6, 6.07) is 7.57. The van der Waals surface area contributed by atoms with Crippen LogP contribution in [0.1, 0.15) is 38.8 Å². The number of aryl methyl sites for hydroxylation is 1. The molecule has 1 aromatic heterocycles. The molecule has 0 saturated carbocycles. The Kier molecular flexibility index (Phi) is 7.46. The molecular weight excluding hydrogens is 354 g/mol. The molecule has 0 fully saturated rings. The van der Waals surface area contributed by atoms with E-state index in [1.54, 1.807) is 0 Å². The predicted molar refractivity (Wildman–Crippen MR) is 105 cm³/mol. The molecule has 7 heteroatoms. The minimum Gasteiger partial charge on any atom is -0.326 e. The summed E-state index contributed by atoms with van der Waals surface area (Å²) in [6.45, 7) is 5.81. The molecule has 1 heterocycles. The Morgan fingerprint density at radius 3 is 2.80 bits per heavy atom. The van der Waals surface area contributed by atoms with Crippen LogP contribution in [0.25, 0.3) is 0 Å². The first-order chi connectivity index (χ1) is 12.0. The molecule has 2 amide bonds. The third-order valence-electron chi connectivity index (χ3n) is 3.41. The van der Waals surface area contributed by atoms with Crippen molar-refractivity contribution in [3.63, 3.8) is 0 Å². The summed E-state index contributed by atoms with van der Waals surface area (Å²) in [4.78, 5) is 29.3. The van der Waals surface area contributed by atoms with Gasteiger partial charge in [0.15, 0.2) is 5.13 Å². The van der Waals surface area contributed by atoms with Crippen LogP contribution < -0.4 is 10.6 Å². The van der Waals surface area contributed by atoms with Crippen LogP contribution >= 0.6 is 23.1 Å². The normalized spacial score (nSPS) is 11.8. The lowest BCUT2D eigenvalue weighted by Gasteiger charge is -2.12. The van der Waals surface area contributed by atoms with Crippen molar-refractivity contribution in [2.75, 3.05) is 10.6 Å². The van der Waals surface area contributed by atoms with E-state index in [9.17, 15) is 9.59 Å². The lowest BCUT2D eigenvalue weighted by atomic mass is 10.2. The van der Waals surface area contributed by atoms with E-state index in [1.807, 2.05) is 43.5 Å². The smallest absolute Gasteiger partial charge is 0.239 e. The van der Waals surface area contributed by atoms with Gasteiger partial charge in [-0.05, 0) is 38.5 Å². The molecule has 2 aromatic rings. The summed E-state index contributed by atoms with van der Waals surface area (Å²) in [5.41, 5.74) is 1.65. The van der Waals surface area contributed by atoms with E-state index in [0.29, 0.717) is 11.6 Å². The van der Waals surface area contributed by atoms with E-state index in [2.05, 4.69) is 22.5 Å². The van der Waals surface area contributed by atoms with Gasteiger partial charge in [-0.2, -0.15) is 0 Å². The third-order valence-corrected chi connectivity index (χ3v) is 5.38. The Labute approximate surface area is 156 Å². The second-order valence-electron chi connectivity index (χ2n) is 5.72. The second kappa shape index (κ2) is 9.58.